The Labute approximate surface area is 266 Å². The highest BCUT2D eigenvalue weighted by molar-refractivity contribution is 8.01. The molecule has 0 aromatic heterocycles. The second-order valence-corrected chi connectivity index (χ2v) is 14.5. The van der Waals surface area contributed by atoms with Crippen molar-refractivity contribution in [3.05, 3.63) is 65.7 Å². The smallest absolute Gasteiger partial charge is 0.408 e. The second-order valence-electron chi connectivity index (χ2n) is 10.5. The summed E-state index contributed by atoms with van der Waals surface area (Å²) in [5, 5.41) is 5.75. The first-order valence-corrected chi connectivity index (χ1v) is 15.1. The molecule has 232 valence electrons. The van der Waals surface area contributed by atoms with E-state index >= 15 is 0 Å². The molecule has 0 radical (unpaired) electrons. The molecule has 2 N–H and O–H groups in total. The molecule has 0 saturated carbocycles. The fourth-order valence-corrected chi connectivity index (χ4v) is 4.63. The molecule has 2 atom stereocenters. The van der Waals surface area contributed by atoms with Crippen molar-refractivity contribution in [2.75, 3.05) is 26.0 Å². The molecule has 0 aliphatic rings. The zero-order valence-corrected chi connectivity index (χ0v) is 27.3. The van der Waals surface area contributed by atoms with Gasteiger partial charge in [0.2, 0.25) is 3.79 Å². The van der Waals surface area contributed by atoms with E-state index in [4.69, 9.17) is 53.8 Å². The molecule has 13 heteroatoms. The van der Waals surface area contributed by atoms with Gasteiger partial charge in [-0.1, -0.05) is 77.3 Å². The summed E-state index contributed by atoms with van der Waals surface area (Å²) in [6, 6.07) is 15.4. The Hall–Kier alpha value is -2.37. The summed E-state index contributed by atoms with van der Waals surface area (Å²) in [6.07, 6.45) is -0.986. The lowest BCUT2D eigenvalue weighted by Gasteiger charge is -2.32. The van der Waals surface area contributed by atoms with Gasteiger partial charge in [0.1, 0.15) is 35.4 Å². The van der Waals surface area contributed by atoms with Crippen LogP contribution in [0.5, 0.6) is 5.75 Å². The number of thioether (sulfide) groups is 1. The van der Waals surface area contributed by atoms with Crippen molar-refractivity contribution in [2.24, 2.45) is 0 Å². The molecule has 2 aromatic carbocycles. The van der Waals surface area contributed by atoms with Crippen molar-refractivity contribution in [2.45, 2.75) is 61.0 Å². The number of halogens is 3. The normalized spacial score (nSPS) is 13.8. The van der Waals surface area contributed by atoms with Crippen LogP contribution in [0.2, 0.25) is 0 Å². The highest BCUT2D eigenvalue weighted by Gasteiger charge is 2.39. The van der Waals surface area contributed by atoms with E-state index in [0.29, 0.717) is 6.54 Å². The number of ether oxygens (including phenoxy) is 4. The summed E-state index contributed by atoms with van der Waals surface area (Å²) in [4.78, 5) is 38.9. The van der Waals surface area contributed by atoms with E-state index in [0.717, 1.165) is 28.6 Å². The maximum absolute atomic E-state index is 13.4. The van der Waals surface area contributed by atoms with Gasteiger partial charge in [0.15, 0.2) is 0 Å². The van der Waals surface area contributed by atoms with Crippen LogP contribution in [-0.4, -0.2) is 64.2 Å². The first-order chi connectivity index (χ1) is 19.6. The van der Waals surface area contributed by atoms with E-state index in [9.17, 15) is 14.4 Å². The number of hydrogen-bond acceptors (Lipinski definition) is 9. The summed E-state index contributed by atoms with van der Waals surface area (Å²) in [7, 11) is 1.59. The average molecular weight is 664 g/mol. The number of carbonyl (C=O) groups excluding carboxylic acids is 3. The molecule has 0 unspecified atom stereocenters. The van der Waals surface area contributed by atoms with Crippen LogP contribution in [0.3, 0.4) is 0 Å². The molecule has 0 fully saturated rings. The van der Waals surface area contributed by atoms with E-state index in [1.807, 2.05) is 42.5 Å². The summed E-state index contributed by atoms with van der Waals surface area (Å²) in [5.74, 6) is -0.526. The summed E-state index contributed by atoms with van der Waals surface area (Å²) >= 11 is 18.2. The predicted octanol–water partition coefficient (Wildman–Crippen LogP) is 5.83. The minimum absolute atomic E-state index is 0.0154. The quantitative estimate of drug-likeness (QED) is 0.147. The lowest BCUT2D eigenvalue weighted by molar-refractivity contribution is -0.157. The lowest BCUT2D eigenvalue weighted by atomic mass is 10.1. The van der Waals surface area contributed by atoms with Crippen LogP contribution in [0.1, 0.15) is 38.8 Å². The largest absolute Gasteiger partial charge is 0.497 e. The minimum Gasteiger partial charge on any atom is -0.497 e. The van der Waals surface area contributed by atoms with Gasteiger partial charge in [-0.05, 0) is 51.0 Å². The number of carbonyl (C=O) groups is 3. The fraction of sp³-hybridized carbons (Fsp3) is 0.483. The standard InChI is InChI=1S/C29H37Cl3N2O7S/c1-27(2,3)41-25(36)28(4,18-33-15-20-11-13-22(38-5)14-12-20)42-17-23(34-26(37)40-19-29(30,31)32)24(35)39-16-21-9-7-6-8-10-21/h6-14,23,33H,15-19H2,1-5H3,(H,34,37)/t23-,28+/m0/s1. The fourth-order valence-electron chi connectivity index (χ4n) is 3.35. The van der Waals surface area contributed by atoms with Gasteiger partial charge >= 0.3 is 18.0 Å². The Bertz CT molecular complexity index is 1160. The number of rotatable bonds is 14. The SMILES string of the molecule is COc1ccc(CNC[C@@](C)(SC[C@H](NC(=O)OCC(Cl)(Cl)Cl)C(=O)OCc2ccccc2)C(=O)OC(C)(C)C)cc1. The Morgan fingerprint density at radius 1 is 0.905 bits per heavy atom. The Balaban J connectivity index is 2.17. The van der Waals surface area contributed by atoms with Crippen molar-refractivity contribution >= 4 is 64.6 Å². The van der Waals surface area contributed by atoms with Gasteiger partial charge in [-0.2, -0.15) is 0 Å². The van der Waals surface area contributed by atoms with E-state index in [2.05, 4.69) is 10.6 Å². The molecule has 0 aliphatic heterocycles. The molecular weight excluding hydrogens is 627 g/mol. The summed E-state index contributed by atoms with van der Waals surface area (Å²) in [5.41, 5.74) is 0.993. The van der Waals surface area contributed by atoms with E-state index < -0.39 is 44.8 Å². The van der Waals surface area contributed by atoms with Crippen molar-refractivity contribution in [1.82, 2.24) is 10.6 Å². The molecule has 0 bridgehead atoms. The van der Waals surface area contributed by atoms with Crippen LogP contribution < -0.4 is 15.4 Å². The Morgan fingerprint density at radius 2 is 1.55 bits per heavy atom. The van der Waals surface area contributed by atoms with Gasteiger partial charge in [-0.25, -0.2) is 9.59 Å². The van der Waals surface area contributed by atoms with E-state index in [1.165, 1.54) is 0 Å². The predicted molar refractivity (Wildman–Crippen MR) is 166 cm³/mol. The molecule has 42 heavy (non-hydrogen) atoms. The van der Waals surface area contributed by atoms with Gasteiger partial charge in [-0.15, -0.1) is 11.8 Å². The number of esters is 2. The molecular formula is C29H37Cl3N2O7S. The number of benzene rings is 2. The first-order valence-electron chi connectivity index (χ1n) is 13.0. The van der Waals surface area contributed by atoms with Crippen LogP contribution in [0.15, 0.2) is 54.6 Å². The van der Waals surface area contributed by atoms with Crippen LogP contribution in [0, 0.1) is 0 Å². The number of methoxy groups -OCH3 is 1. The van der Waals surface area contributed by atoms with E-state index in [-0.39, 0.29) is 18.9 Å². The monoisotopic (exact) mass is 662 g/mol. The zero-order valence-electron chi connectivity index (χ0n) is 24.2. The second kappa shape index (κ2) is 16.5. The molecule has 0 saturated heterocycles. The topological polar surface area (TPSA) is 112 Å². The minimum atomic E-state index is -1.83. The Kier molecular flexibility index (Phi) is 14.0. The van der Waals surface area contributed by atoms with Crippen LogP contribution in [0.25, 0.3) is 0 Å². The van der Waals surface area contributed by atoms with Gasteiger partial charge in [-0.3, -0.25) is 4.79 Å². The van der Waals surface area contributed by atoms with Gasteiger partial charge in [0, 0.05) is 18.8 Å². The maximum Gasteiger partial charge on any atom is 0.408 e. The average Bonchev–Trinajstić information content (AvgIpc) is 2.92. The third-order valence-corrected chi connectivity index (χ3v) is 7.29. The summed E-state index contributed by atoms with van der Waals surface area (Å²) in [6.45, 7) is 7.13. The highest BCUT2D eigenvalue weighted by Crippen LogP contribution is 2.30. The van der Waals surface area contributed by atoms with Crippen molar-refractivity contribution in [3.8, 4) is 5.75 Å². The van der Waals surface area contributed by atoms with Crippen molar-refractivity contribution in [3.63, 3.8) is 0 Å². The van der Waals surface area contributed by atoms with Crippen LogP contribution >= 0.6 is 46.6 Å². The van der Waals surface area contributed by atoms with Crippen molar-refractivity contribution < 1.29 is 33.3 Å². The molecule has 2 rings (SSSR count). The zero-order chi connectivity index (χ0) is 31.4. The van der Waals surface area contributed by atoms with Crippen molar-refractivity contribution in [1.29, 1.82) is 0 Å². The molecule has 1 amide bonds. The first kappa shape index (κ1) is 35.8. The van der Waals surface area contributed by atoms with Gasteiger partial charge in [0.25, 0.3) is 0 Å². The molecule has 9 nitrogen and oxygen atoms in total. The summed E-state index contributed by atoms with van der Waals surface area (Å²) < 4.78 is 18.3. The lowest BCUT2D eigenvalue weighted by Crippen LogP contribution is -2.49. The third kappa shape index (κ3) is 13.7. The molecule has 2 aromatic rings. The van der Waals surface area contributed by atoms with Gasteiger partial charge in [0.05, 0.1) is 7.11 Å². The number of nitrogens with one attached hydrogen (secondary N) is 2. The maximum atomic E-state index is 13.4. The highest BCUT2D eigenvalue weighted by atomic mass is 35.6. The number of alkyl halides is 3. The van der Waals surface area contributed by atoms with E-state index in [1.54, 1.807) is 46.9 Å². The molecule has 0 heterocycles. The van der Waals surface area contributed by atoms with Crippen LogP contribution in [0.4, 0.5) is 4.79 Å². The molecule has 0 spiro atoms. The Morgan fingerprint density at radius 3 is 2.12 bits per heavy atom. The van der Waals surface area contributed by atoms with Gasteiger partial charge < -0.3 is 29.6 Å². The number of hydrogen-bond donors (Lipinski definition) is 2. The molecule has 0 aliphatic carbocycles. The number of amides is 1. The third-order valence-electron chi connectivity index (χ3n) is 5.52. The van der Waals surface area contributed by atoms with Crippen LogP contribution in [-0.2, 0) is 37.0 Å². The number of alkyl carbamates (subject to hydrolysis) is 1.